The number of nitrogens with one attached hydrogen (secondary N) is 2. The van der Waals surface area contributed by atoms with Gasteiger partial charge in [-0.05, 0) is 38.3 Å². The van der Waals surface area contributed by atoms with Crippen molar-refractivity contribution in [2.45, 2.75) is 44.7 Å². The van der Waals surface area contributed by atoms with Gasteiger partial charge in [0, 0.05) is 0 Å². The molecule has 3 heteroatoms. The number of carbonyl (C=O) groups excluding carboxylic acids is 1. The van der Waals surface area contributed by atoms with E-state index in [2.05, 4.69) is 17.6 Å². The molecule has 0 spiro atoms. The largest absolute Gasteiger partial charge is 0.348 e. The van der Waals surface area contributed by atoms with Crippen molar-refractivity contribution in [1.82, 2.24) is 10.6 Å². The van der Waals surface area contributed by atoms with Crippen LogP contribution in [0.15, 0.2) is 30.3 Å². The summed E-state index contributed by atoms with van der Waals surface area (Å²) in [4.78, 5) is 12.4. The summed E-state index contributed by atoms with van der Waals surface area (Å²) in [6, 6.07) is 10.1. The lowest BCUT2D eigenvalue weighted by Gasteiger charge is -2.28. The molecule has 1 unspecified atom stereocenters. The van der Waals surface area contributed by atoms with Crippen molar-refractivity contribution in [3.05, 3.63) is 35.9 Å². The van der Waals surface area contributed by atoms with E-state index in [1.807, 2.05) is 37.3 Å². The van der Waals surface area contributed by atoms with E-state index in [9.17, 15) is 4.79 Å². The Morgan fingerprint density at radius 2 is 2.17 bits per heavy atom. The highest BCUT2D eigenvalue weighted by Gasteiger charge is 2.39. The van der Waals surface area contributed by atoms with Gasteiger partial charge in [0.2, 0.25) is 5.91 Å². The Bertz CT molecular complexity index is 396. The molecule has 2 atom stereocenters. The third-order valence-electron chi connectivity index (χ3n) is 3.93. The van der Waals surface area contributed by atoms with Crippen molar-refractivity contribution in [2.24, 2.45) is 0 Å². The van der Waals surface area contributed by atoms with E-state index in [0.717, 1.165) is 31.4 Å². The number of hydrogen-bond donors (Lipinski definition) is 2. The standard InChI is InChI=1S/C15H22N2O/c1-3-15(10-7-11-16-15)14(18)17-12(2)13-8-5-4-6-9-13/h4-6,8-9,12,16H,3,7,10-11H2,1-2H3,(H,17,18)/t12?,15-/m0/s1. The molecule has 1 aromatic carbocycles. The lowest BCUT2D eigenvalue weighted by molar-refractivity contribution is -0.128. The maximum atomic E-state index is 12.4. The molecular formula is C15H22N2O. The zero-order valence-electron chi connectivity index (χ0n) is 11.2. The van der Waals surface area contributed by atoms with Crippen molar-refractivity contribution < 1.29 is 4.79 Å². The highest BCUT2D eigenvalue weighted by atomic mass is 16.2. The van der Waals surface area contributed by atoms with Crippen LogP contribution in [-0.4, -0.2) is 18.0 Å². The van der Waals surface area contributed by atoms with Gasteiger partial charge in [-0.15, -0.1) is 0 Å². The van der Waals surface area contributed by atoms with E-state index in [0.29, 0.717) is 0 Å². The summed E-state index contributed by atoms with van der Waals surface area (Å²) in [5.74, 6) is 0.138. The molecule has 18 heavy (non-hydrogen) atoms. The minimum Gasteiger partial charge on any atom is -0.348 e. The average Bonchev–Trinajstić information content (AvgIpc) is 2.89. The fraction of sp³-hybridized carbons (Fsp3) is 0.533. The number of rotatable bonds is 4. The average molecular weight is 246 g/mol. The van der Waals surface area contributed by atoms with Crippen LogP contribution in [-0.2, 0) is 4.79 Å². The Balaban J connectivity index is 2.03. The Morgan fingerprint density at radius 1 is 1.44 bits per heavy atom. The fourth-order valence-corrected chi connectivity index (χ4v) is 2.62. The molecule has 1 fully saturated rings. The maximum absolute atomic E-state index is 12.4. The summed E-state index contributed by atoms with van der Waals surface area (Å²) in [6.07, 6.45) is 2.87. The van der Waals surface area contributed by atoms with E-state index in [4.69, 9.17) is 0 Å². The molecule has 0 aromatic heterocycles. The number of benzene rings is 1. The minimum atomic E-state index is -0.344. The smallest absolute Gasteiger partial charge is 0.240 e. The van der Waals surface area contributed by atoms with Gasteiger partial charge in [-0.3, -0.25) is 4.79 Å². The fourth-order valence-electron chi connectivity index (χ4n) is 2.62. The van der Waals surface area contributed by atoms with Gasteiger partial charge < -0.3 is 10.6 Å². The predicted octanol–water partition coefficient (Wildman–Crippen LogP) is 2.40. The van der Waals surface area contributed by atoms with Gasteiger partial charge in [-0.25, -0.2) is 0 Å². The van der Waals surface area contributed by atoms with Gasteiger partial charge in [-0.2, -0.15) is 0 Å². The molecule has 0 bridgehead atoms. The molecule has 1 aromatic rings. The quantitative estimate of drug-likeness (QED) is 0.856. The monoisotopic (exact) mass is 246 g/mol. The first-order valence-electron chi connectivity index (χ1n) is 6.79. The van der Waals surface area contributed by atoms with Gasteiger partial charge in [0.15, 0.2) is 0 Å². The molecule has 1 amide bonds. The second-order valence-electron chi connectivity index (χ2n) is 5.07. The third kappa shape index (κ3) is 2.56. The van der Waals surface area contributed by atoms with Crippen LogP contribution in [0.5, 0.6) is 0 Å². The van der Waals surface area contributed by atoms with Crippen LogP contribution in [0.3, 0.4) is 0 Å². The predicted molar refractivity (Wildman–Crippen MR) is 73.3 cm³/mol. The second-order valence-corrected chi connectivity index (χ2v) is 5.07. The van der Waals surface area contributed by atoms with Crippen molar-refractivity contribution in [3.8, 4) is 0 Å². The van der Waals surface area contributed by atoms with Crippen LogP contribution < -0.4 is 10.6 Å². The van der Waals surface area contributed by atoms with Crippen LogP contribution in [0.2, 0.25) is 0 Å². The van der Waals surface area contributed by atoms with Crippen LogP contribution in [0.1, 0.15) is 44.7 Å². The lowest BCUT2D eigenvalue weighted by Crippen LogP contribution is -2.53. The molecule has 0 radical (unpaired) electrons. The zero-order valence-corrected chi connectivity index (χ0v) is 11.2. The number of hydrogen-bond acceptors (Lipinski definition) is 2. The summed E-state index contributed by atoms with van der Waals surface area (Å²) in [6.45, 7) is 5.05. The highest BCUT2D eigenvalue weighted by Crippen LogP contribution is 2.24. The van der Waals surface area contributed by atoms with E-state index >= 15 is 0 Å². The molecule has 0 aliphatic carbocycles. The molecule has 1 aliphatic heterocycles. The Labute approximate surface area is 109 Å². The molecule has 2 N–H and O–H groups in total. The van der Waals surface area contributed by atoms with Gasteiger partial charge >= 0.3 is 0 Å². The third-order valence-corrected chi connectivity index (χ3v) is 3.93. The van der Waals surface area contributed by atoms with E-state index in [1.54, 1.807) is 0 Å². The summed E-state index contributed by atoms with van der Waals surface area (Å²) in [7, 11) is 0. The summed E-state index contributed by atoms with van der Waals surface area (Å²) in [5.41, 5.74) is 0.804. The van der Waals surface area contributed by atoms with Gasteiger partial charge in [-0.1, -0.05) is 37.3 Å². The maximum Gasteiger partial charge on any atom is 0.240 e. The number of amides is 1. The van der Waals surface area contributed by atoms with Gasteiger partial charge in [0.25, 0.3) is 0 Å². The summed E-state index contributed by atoms with van der Waals surface area (Å²) >= 11 is 0. The van der Waals surface area contributed by atoms with Crippen molar-refractivity contribution in [1.29, 1.82) is 0 Å². The van der Waals surface area contributed by atoms with Crippen LogP contribution in [0.4, 0.5) is 0 Å². The van der Waals surface area contributed by atoms with E-state index in [1.165, 1.54) is 0 Å². The highest BCUT2D eigenvalue weighted by molar-refractivity contribution is 5.87. The topological polar surface area (TPSA) is 41.1 Å². The molecule has 1 aliphatic rings. The van der Waals surface area contributed by atoms with Gasteiger partial charge in [0.05, 0.1) is 11.6 Å². The van der Waals surface area contributed by atoms with Crippen LogP contribution in [0, 0.1) is 0 Å². The Morgan fingerprint density at radius 3 is 2.72 bits per heavy atom. The lowest BCUT2D eigenvalue weighted by atomic mass is 9.92. The Kier molecular flexibility index (Phi) is 4.02. The summed E-state index contributed by atoms with van der Waals surface area (Å²) in [5, 5.41) is 6.49. The van der Waals surface area contributed by atoms with Gasteiger partial charge in [0.1, 0.15) is 0 Å². The van der Waals surface area contributed by atoms with E-state index < -0.39 is 0 Å². The first-order chi connectivity index (χ1) is 8.68. The van der Waals surface area contributed by atoms with Crippen LogP contribution >= 0.6 is 0 Å². The molecular weight excluding hydrogens is 224 g/mol. The second kappa shape index (κ2) is 5.53. The number of carbonyl (C=O) groups is 1. The van der Waals surface area contributed by atoms with Crippen molar-refractivity contribution >= 4 is 5.91 Å². The minimum absolute atomic E-state index is 0.0597. The SMILES string of the molecule is CC[C@@]1(C(=O)NC(C)c2ccccc2)CCCN1. The molecule has 0 saturated carbocycles. The molecule has 98 valence electrons. The first-order valence-corrected chi connectivity index (χ1v) is 6.79. The van der Waals surface area contributed by atoms with E-state index in [-0.39, 0.29) is 17.5 Å². The molecule has 3 nitrogen and oxygen atoms in total. The summed E-state index contributed by atoms with van der Waals surface area (Å²) < 4.78 is 0. The first kappa shape index (κ1) is 13.1. The van der Waals surface area contributed by atoms with Crippen molar-refractivity contribution in [2.75, 3.05) is 6.54 Å². The van der Waals surface area contributed by atoms with Crippen LogP contribution in [0.25, 0.3) is 0 Å². The molecule has 1 heterocycles. The normalized spacial score (nSPS) is 24.8. The van der Waals surface area contributed by atoms with Crippen molar-refractivity contribution in [3.63, 3.8) is 0 Å². The zero-order chi connectivity index (χ0) is 13.0. The molecule has 1 saturated heterocycles. The Hall–Kier alpha value is -1.35. The molecule has 2 rings (SSSR count).